The Kier molecular flexibility index (Phi) is 4.27. The van der Waals surface area contributed by atoms with Crippen LogP contribution in [0, 0.1) is 19.1 Å². The highest BCUT2D eigenvalue weighted by molar-refractivity contribution is 9.10. The monoisotopic (exact) mass is 411 g/mol. The van der Waals surface area contributed by atoms with Gasteiger partial charge in [-0.25, -0.2) is 4.98 Å². The van der Waals surface area contributed by atoms with Crippen molar-refractivity contribution in [3.05, 3.63) is 44.0 Å². The number of pyridine rings is 1. The summed E-state index contributed by atoms with van der Waals surface area (Å²) in [5.41, 5.74) is 8.18. The van der Waals surface area contributed by atoms with Crippen LogP contribution in [0.15, 0.2) is 16.9 Å². The van der Waals surface area contributed by atoms with Gasteiger partial charge in [0.2, 0.25) is 11.6 Å². The van der Waals surface area contributed by atoms with Gasteiger partial charge in [-0.3, -0.25) is 0 Å². The lowest BCUT2D eigenvalue weighted by molar-refractivity contribution is -0.612. The Hall–Kier alpha value is -2.06. The van der Waals surface area contributed by atoms with Crippen LogP contribution < -0.4 is 15.2 Å². The predicted molar refractivity (Wildman–Crippen MR) is 95.2 cm³/mol. The number of hydrogen-bond donors (Lipinski definition) is 1. The van der Waals surface area contributed by atoms with Crippen LogP contribution in [0.3, 0.4) is 0 Å². The van der Waals surface area contributed by atoms with Crippen molar-refractivity contribution in [1.29, 1.82) is 0 Å². The average Bonchev–Trinajstić information content (AvgIpc) is 2.93. The van der Waals surface area contributed by atoms with Gasteiger partial charge in [-0.05, 0) is 47.4 Å². The number of aromatic nitrogens is 4. The van der Waals surface area contributed by atoms with E-state index in [2.05, 4.69) is 25.9 Å². The first-order valence-electron chi connectivity index (χ1n) is 7.08. The Morgan fingerprint density at radius 1 is 1.38 bits per heavy atom. The number of nitrogen functional groups attached to an aromatic ring is 1. The first-order valence-corrected chi connectivity index (χ1v) is 8.25. The number of hydrogen-bond acceptors (Lipinski definition) is 5. The quantitative estimate of drug-likeness (QED) is 0.309. The number of methoxy groups -OCH3 is 1. The molecule has 0 bridgehead atoms. The smallest absolute Gasteiger partial charge is 0.293 e. The summed E-state index contributed by atoms with van der Waals surface area (Å²) < 4.78 is 8.55. The number of fused-ring (bicyclic) bond motifs is 1. The molecule has 0 amide bonds. The molecule has 0 atom stereocenters. The topological polar surface area (TPSA) is 92.9 Å². The van der Waals surface area contributed by atoms with Gasteiger partial charge in [-0.15, -0.1) is 0 Å². The van der Waals surface area contributed by atoms with Crippen LogP contribution in [0.5, 0.6) is 5.75 Å². The van der Waals surface area contributed by atoms with Crippen LogP contribution in [0.25, 0.3) is 11.0 Å². The van der Waals surface area contributed by atoms with Gasteiger partial charge >= 0.3 is 0 Å². The highest BCUT2D eigenvalue weighted by Gasteiger charge is 2.24. The van der Waals surface area contributed by atoms with E-state index in [0.29, 0.717) is 27.3 Å². The molecule has 0 aliphatic rings. The Bertz CT molecular complexity index is 957. The molecular formula is C15H15BrClN5O2. The van der Waals surface area contributed by atoms with Crippen molar-refractivity contribution in [2.45, 2.75) is 20.4 Å². The summed E-state index contributed by atoms with van der Waals surface area (Å²) in [5, 5.41) is 13.4. The lowest BCUT2D eigenvalue weighted by Gasteiger charge is -2.15. The molecule has 0 radical (unpaired) electrons. The molecule has 0 saturated carbocycles. The molecule has 0 fully saturated rings. The number of ether oxygens (including phenoxy) is 1. The molecule has 24 heavy (non-hydrogen) atoms. The molecule has 7 nitrogen and oxygen atoms in total. The van der Waals surface area contributed by atoms with E-state index in [1.54, 1.807) is 14.0 Å². The molecule has 3 aromatic heterocycles. The fourth-order valence-corrected chi connectivity index (χ4v) is 3.43. The Balaban J connectivity index is 2.18. The van der Waals surface area contributed by atoms with Crippen LogP contribution in [-0.2, 0) is 6.54 Å². The van der Waals surface area contributed by atoms with Crippen LogP contribution in [0.4, 0.5) is 5.95 Å². The minimum atomic E-state index is 0.0965. The van der Waals surface area contributed by atoms with Gasteiger partial charge < -0.3 is 20.2 Å². The van der Waals surface area contributed by atoms with Crippen molar-refractivity contribution in [3.63, 3.8) is 0 Å². The first-order chi connectivity index (χ1) is 11.3. The van der Waals surface area contributed by atoms with Crippen molar-refractivity contribution in [2.75, 3.05) is 12.8 Å². The van der Waals surface area contributed by atoms with Crippen molar-refractivity contribution in [3.8, 4) is 5.75 Å². The summed E-state index contributed by atoms with van der Waals surface area (Å²) in [6.45, 7) is 3.86. The molecule has 3 aromatic rings. The Morgan fingerprint density at radius 3 is 2.75 bits per heavy atom. The number of nitrogens with two attached hydrogens (primary N) is 1. The van der Waals surface area contributed by atoms with Crippen molar-refractivity contribution in [2.24, 2.45) is 0 Å². The van der Waals surface area contributed by atoms with E-state index in [9.17, 15) is 5.21 Å². The maximum Gasteiger partial charge on any atom is 0.293 e. The van der Waals surface area contributed by atoms with Gasteiger partial charge in [0.15, 0.2) is 0 Å². The van der Waals surface area contributed by atoms with Gasteiger partial charge in [0.05, 0.1) is 23.6 Å². The zero-order chi connectivity index (χ0) is 17.6. The third-order valence-electron chi connectivity index (χ3n) is 3.96. The van der Waals surface area contributed by atoms with Crippen molar-refractivity contribution >= 4 is 44.5 Å². The molecule has 0 aliphatic carbocycles. The summed E-state index contributed by atoms with van der Waals surface area (Å²) in [4.78, 5) is 8.33. The maximum absolute atomic E-state index is 12.5. The van der Waals surface area contributed by atoms with Crippen molar-refractivity contribution < 1.29 is 9.47 Å². The fraction of sp³-hybridized carbons (Fsp3) is 0.267. The highest BCUT2D eigenvalue weighted by Crippen LogP contribution is 2.30. The molecule has 3 heterocycles. The van der Waals surface area contributed by atoms with Gasteiger partial charge in [0.25, 0.3) is 5.15 Å². The van der Waals surface area contributed by atoms with E-state index in [1.807, 2.05) is 23.8 Å². The van der Waals surface area contributed by atoms with Crippen LogP contribution >= 0.6 is 27.5 Å². The molecule has 126 valence electrons. The summed E-state index contributed by atoms with van der Waals surface area (Å²) in [6.07, 6.45) is 1.82. The second-order valence-corrected chi connectivity index (χ2v) is 6.48. The van der Waals surface area contributed by atoms with Crippen molar-refractivity contribution in [1.82, 2.24) is 14.5 Å². The lowest BCUT2D eigenvalue weighted by atomic mass is 10.1. The van der Waals surface area contributed by atoms with Crippen LogP contribution in [-0.4, -0.2) is 21.6 Å². The zero-order valence-electron chi connectivity index (χ0n) is 13.3. The third-order valence-corrected chi connectivity index (χ3v) is 5.00. The van der Waals surface area contributed by atoms with E-state index in [1.165, 1.54) is 0 Å². The van der Waals surface area contributed by atoms with Gasteiger partial charge in [0.1, 0.15) is 22.5 Å². The average molecular weight is 413 g/mol. The molecule has 3 rings (SSSR count). The van der Waals surface area contributed by atoms with Gasteiger partial charge in [-0.1, -0.05) is 0 Å². The molecule has 0 unspecified atom stereocenters. The number of halogens is 2. The molecule has 2 N–H and O–H groups in total. The second-order valence-electron chi connectivity index (χ2n) is 5.37. The second kappa shape index (κ2) is 6.10. The van der Waals surface area contributed by atoms with Crippen LogP contribution in [0.2, 0.25) is 5.15 Å². The lowest BCUT2D eigenvalue weighted by Crippen LogP contribution is -2.36. The minimum absolute atomic E-state index is 0.0965. The summed E-state index contributed by atoms with van der Waals surface area (Å²) in [5.74, 6) is 0.759. The van der Waals surface area contributed by atoms with E-state index in [-0.39, 0.29) is 17.6 Å². The summed E-state index contributed by atoms with van der Waals surface area (Å²) in [7, 11) is 1.56. The number of rotatable bonds is 3. The van der Waals surface area contributed by atoms with E-state index < -0.39 is 0 Å². The fourth-order valence-electron chi connectivity index (χ4n) is 2.75. The number of nitrogens with zero attached hydrogens (tertiary/aromatic N) is 4. The molecule has 0 aliphatic heterocycles. The molecular weight excluding hydrogens is 398 g/mol. The van der Waals surface area contributed by atoms with E-state index in [4.69, 9.17) is 22.1 Å². The zero-order valence-corrected chi connectivity index (χ0v) is 15.6. The molecule has 0 saturated heterocycles. The molecule has 9 heteroatoms. The molecule has 0 spiro atoms. The third kappa shape index (κ3) is 2.55. The van der Waals surface area contributed by atoms with E-state index >= 15 is 0 Å². The van der Waals surface area contributed by atoms with E-state index in [0.717, 1.165) is 15.7 Å². The standard InChI is InChI=1S/C15H15BrClN5O2/c1-7-10(22(23)13(17)8(2)11(7)24-3)6-21-5-4-9-12(16)19-15(18)20-14(9)21/h4-5H,6H2,1-3H3,(H2,18,19,20). The predicted octanol–water partition coefficient (Wildman–Crippen LogP) is 2.74. The van der Waals surface area contributed by atoms with Crippen LogP contribution in [0.1, 0.15) is 16.8 Å². The maximum atomic E-state index is 12.5. The molecule has 0 aromatic carbocycles. The minimum Gasteiger partial charge on any atom is -0.617 e. The summed E-state index contributed by atoms with van der Waals surface area (Å²) in [6, 6.07) is 1.86. The Labute approximate surface area is 151 Å². The first kappa shape index (κ1) is 16.8. The van der Waals surface area contributed by atoms with Gasteiger partial charge in [-0.2, -0.15) is 9.71 Å². The highest BCUT2D eigenvalue weighted by atomic mass is 79.9. The Morgan fingerprint density at radius 2 is 2.08 bits per heavy atom. The SMILES string of the molecule is COc1c(C)c(Cl)[n+]([O-])c(Cn2ccc3c(Br)nc(N)nc32)c1C. The van der Waals surface area contributed by atoms with Gasteiger partial charge in [0, 0.05) is 6.20 Å². The largest absolute Gasteiger partial charge is 0.617 e. The summed E-state index contributed by atoms with van der Waals surface area (Å²) >= 11 is 9.52. The number of anilines is 1. The normalized spacial score (nSPS) is 11.2.